The van der Waals surface area contributed by atoms with Gasteiger partial charge < -0.3 is 9.84 Å². The van der Waals surface area contributed by atoms with E-state index in [0.29, 0.717) is 12.4 Å². The molecule has 2 aromatic rings. The molecule has 112 valence electrons. The first-order valence-corrected chi connectivity index (χ1v) is 6.67. The van der Waals surface area contributed by atoms with Gasteiger partial charge in [0.15, 0.2) is 0 Å². The van der Waals surface area contributed by atoms with Crippen molar-refractivity contribution < 1.29 is 14.6 Å². The maximum Gasteiger partial charge on any atom is 0.335 e. The Labute approximate surface area is 123 Å². The van der Waals surface area contributed by atoms with E-state index in [1.807, 2.05) is 26.5 Å². The van der Waals surface area contributed by atoms with E-state index in [-0.39, 0.29) is 5.56 Å². The molecule has 0 unspecified atom stereocenters. The van der Waals surface area contributed by atoms with Crippen molar-refractivity contribution in [3.63, 3.8) is 0 Å². The smallest absolute Gasteiger partial charge is 0.335 e. The minimum absolute atomic E-state index is 0.233. The fraction of sp³-hybridized carbons (Fsp3) is 0.333. The first-order valence-electron chi connectivity index (χ1n) is 6.67. The first kappa shape index (κ1) is 15.1. The molecular weight excluding hydrogens is 270 g/mol. The molecule has 0 aliphatic rings. The highest BCUT2D eigenvalue weighted by atomic mass is 16.5. The molecule has 0 aliphatic heterocycles. The molecule has 21 heavy (non-hydrogen) atoms. The number of carbonyl (C=O) groups is 1. The quantitative estimate of drug-likeness (QED) is 0.839. The van der Waals surface area contributed by atoms with Gasteiger partial charge >= 0.3 is 5.97 Å². The van der Waals surface area contributed by atoms with Crippen molar-refractivity contribution >= 4 is 5.97 Å². The zero-order valence-electron chi connectivity index (χ0n) is 12.2. The lowest BCUT2D eigenvalue weighted by atomic mass is 10.2. The topological polar surface area (TPSA) is 67.6 Å². The minimum atomic E-state index is -0.950. The van der Waals surface area contributed by atoms with Crippen LogP contribution in [-0.2, 0) is 13.6 Å². The lowest BCUT2D eigenvalue weighted by molar-refractivity contribution is 0.0696. The summed E-state index contributed by atoms with van der Waals surface area (Å²) in [7, 11) is 3.89. The second-order valence-corrected chi connectivity index (χ2v) is 4.94. The lowest BCUT2D eigenvalue weighted by Gasteiger charge is -2.16. The summed E-state index contributed by atoms with van der Waals surface area (Å²) in [6.45, 7) is 2.04. The molecule has 2 rings (SSSR count). The molecule has 0 bridgehead atoms. The van der Waals surface area contributed by atoms with Crippen molar-refractivity contribution in [2.45, 2.75) is 6.54 Å². The summed E-state index contributed by atoms with van der Waals surface area (Å²) in [5.74, 6) is -0.376. The Bertz CT molecular complexity index is 610. The molecule has 0 saturated heterocycles. The van der Waals surface area contributed by atoms with E-state index in [4.69, 9.17) is 9.84 Å². The predicted molar refractivity (Wildman–Crippen MR) is 78.4 cm³/mol. The van der Waals surface area contributed by atoms with Crippen molar-refractivity contribution in [2.24, 2.45) is 7.05 Å². The Morgan fingerprint density at radius 3 is 2.95 bits per heavy atom. The van der Waals surface area contributed by atoms with Gasteiger partial charge in [0.05, 0.1) is 11.8 Å². The Morgan fingerprint density at radius 2 is 2.29 bits per heavy atom. The van der Waals surface area contributed by atoms with Crippen LogP contribution in [0, 0.1) is 0 Å². The van der Waals surface area contributed by atoms with Gasteiger partial charge in [-0.2, -0.15) is 5.10 Å². The van der Waals surface area contributed by atoms with E-state index < -0.39 is 5.97 Å². The normalized spacial score (nSPS) is 10.8. The van der Waals surface area contributed by atoms with Crippen molar-refractivity contribution in [3.05, 3.63) is 47.8 Å². The number of aryl methyl sites for hydroxylation is 1. The van der Waals surface area contributed by atoms with Gasteiger partial charge in [0, 0.05) is 31.9 Å². The Balaban J connectivity index is 1.78. The summed E-state index contributed by atoms with van der Waals surface area (Å²) in [6, 6.07) is 6.51. The molecule has 0 saturated carbocycles. The van der Waals surface area contributed by atoms with Gasteiger partial charge in [0.25, 0.3) is 0 Å². The van der Waals surface area contributed by atoms with Gasteiger partial charge in [-0.15, -0.1) is 0 Å². The van der Waals surface area contributed by atoms with E-state index >= 15 is 0 Å². The Morgan fingerprint density at radius 1 is 1.48 bits per heavy atom. The van der Waals surface area contributed by atoms with Crippen LogP contribution in [0.5, 0.6) is 5.75 Å². The van der Waals surface area contributed by atoms with Gasteiger partial charge in [0.1, 0.15) is 12.4 Å². The van der Waals surface area contributed by atoms with E-state index in [0.717, 1.165) is 18.7 Å². The van der Waals surface area contributed by atoms with Crippen molar-refractivity contribution in [1.82, 2.24) is 14.7 Å². The molecule has 1 aromatic heterocycles. The van der Waals surface area contributed by atoms with Crippen LogP contribution in [-0.4, -0.2) is 46.0 Å². The number of benzene rings is 1. The third-order valence-electron chi connectivity index (χ3n) is 3.03. The summed E-state index contributed by atoms with van der Waals surface area (Å²) in [4.78, 5) is 13.0. The van der Waals surface area contributed by atoms with Gasteiger partial charge in [0.2, 0.25) is 0 Å². The van der Waals surface area contributed by atoms with Crippen molar-refractivity contribution in [1.29, 1.82) is 0 Å². The highest BCUT2D eigenvalue weighted by Gasteiger charge is 2.05. The molecule has 0 spiro atoms. The number of likely N-dealkylation sites (N-methyl/N-ethyl adjacent to an activating group) is 1. The van der Waals surface area contributed by atoms with E-state index in [1.165, 1.54) is 6.07 Å². The molecule has 0 aliphatic carbocycles. The molecule has 1 N–H and O–H groups in total. The molecule has 6 nitrogen and oxygen atoms in total. The highest BCUT2D eigenvalue weighted by Crippen LogP contribution is 2.13. The second-order valence-electron chi connectivity index (χ2n) is 4.94. The number of hydrogen-bond acceptors (Lipinski definition) is 4. The standard InChI is InChI=1S/C15H19N3O3/c1-17(10-12-9-16-18(2)11-12)6-7-21-14-5-3-4-13(8-14)15(19)20/h3-5,8-9,11H,6-7,10H2,1-2H3,(H,19,20). The van der Waals surface area contributed by atoms with E-state index in [1.54, 1.807) is 22.9 Å². The minimum Gasteiger partial charge on any atom is -0.492 e. The lowest BCUT2D eigenvalue weighted by Crippen LogP contribution is -2.23. The number of ether oxygens (including phenoxy) is 1. The van der Waals surface area contributed by atoms with Gasteiger partial charge in [-0.05, 0) is 25.2 Å². The number of aromatic carboxylic acids is 1. The average molecular weight is 289 g/mol. The molecule has 1 aromatic carbocycles. The molecule has 0 radical (unpaired) electrons. The molecule has 6 heteroatoms. The third kappa shape index (κ3) is 4.61. The van der Waals surface area contributed by atoms with Gasteiger partial charge in [-0.25, -0.2) is 4.79 Å². The van der Waals surface area contributed by atoms with Crippen LogP contribution >= 0.6 is 0 Å². The molecule has 1 heterocycles. The van der Waals surface area contributed by atoms with Crippen LogP contribution in [0.25, 0.3) is 0 Å². The Hall–Kier alpha value is -2.34. The van der Waals surface area contributed by atoms with E-state index in [9.17, 15) is 4.79 Å². The van der Waals surface area contributed by atoms with Crippen LogP contribution in [0.15, 0.2) is 36.7 Å². The number of nitrogens with zero attached hydrogens (tertiary/aromatic N) is 3. The summed E-state index contributed by atoms with van der Waals surface area (Å²) in [5, 5.41) is 13.0. The summed E-state index contributed by atoms with van der Waals surface area (Å²) in [6.07, 6.45) is 3.82. The zero-order chi connectivity index (χ0) is 15.2. The molecule has 0 fully saturated rings. The summed E-state index contributed by atoms with van der Waals surface area (Å²) in [5.41, 5.74) is 1.38. The van der Waals surface area contributed by atoms with Crippen LogP contribution < -0.4 is 4.74 Å². The largest absolute Gasteiger partial charge is 0.492 e. The number of aromatic nitrogens is 2. The highest BCUT2D eigenvalue weighted by molar-refractivity contribution is 5.87. The number of carboxylic acid groups (broad SMARTS) is 1. The maximum atomic E-state index is 10.9. The van der Waals surface area contributed by atoms with Crippen LogP contribution in [0.3, 0.4) is 0 Å². The van der Waals surface area contributed by atoms with Gasteiger partial charge in [-0.3, -0.25) is 9.58 Å². The van der Waals surface area contributed by atoms with E-state index in [2.05, 4.69) is 10.00 Å². The predicted octanol–water partition coefficient (Wildman–Crippen LogP) is 1.63. The van der Waals surface area contributed by atoms with Crippen LogP contribution in [0.2, 0.25) is 0 Å². The fourth-order valence-corrected chi connectivity index (χ4v) is 1.98. The van der Waals surface area contributed by atoms with Crippen molar-refractivity contribution in [2.75, 3.05) is 20.2 Å². The number of hydrogen-bond donors (Lipinski definition) is 1. The van der Waals surface area contributed by atoms with Crippen molar-refractivity contribution in [3.8, 4) is 5.75 Å². The number of carboxylic acids is 1. The maximum absolute atomic E-state index is 10.9. The SMILES string of the molecule is CN(CCOc1cccc(C(=O)O)c1)Cc1cnn(C)c1. The zero-order valence-corrected chi connectivity index (χ0v) is 12.2. The monoisotopic (exact) mass is 289 g/mol. The average Bonchev–Trinajstić information content (AvgIpc) is 2.84. The first-order chi connectivity index (χ1) is 10.0. The number of rotatable bonds is 7. The molecule has 0 atom stereocenters. The van der Waals surface area contributed by atoms with Gasteiger partial charge in [-0.1, -0.05) is 6.07 Å². The third-order valence-corrected chi connectivity index (χ3v) is 3.03. The Kier molecular flexibility index (Phi) is 4.94. The fourth-order valence-electron chi connectivity index (χ4n) is 1.98. The molecular formula is C15H19N3O3. The summed E-state index contributed by atoms with van der Waals surface area (Å²) >= 11 is 0. The molecule has 0 amide bonds. The van der Waals surface area contributed by atoms with Crippen LogP contribution in [0.4, 0.5) is 0 Å². The van der Waals surface area contributed by atoms with Crippen LogP contribution in [0.1, 0.15) is 15.9 Å². The summed E-state index contributed by atoms with van der Waals surface area (Å²) < 4.78 is 7.36. The second kappa shape index (κ2) is 6.90.